The number of hydrogen-bond acceptors (Lipinski definition) is 3. The van der Waals surface area contributed by atoms with Gasteiger partial charge in [0.25, 0.3) is 5.91 Å². The van der Waals surface area contributed by atoms with Crippen molar-refractivity contribution in [2.24, 2.45) is 0 Å². The number of benzene rings is 2. The highest BCUT2D eigenvalue weighted by Crippen LogP contribution is 2.15. The number of carbonyl (C=O) groups excluding carboxylic acids is 1. The van der Waals surface area contributed by atoms with Gasteiger partial charge in [0.05, 0.1) is 0 Å². The monoisotopic (exact) mass is 354 g/mol. The number of para-hydroxylation sites is 1. The largest absolute Gasteiger partial charge is 0.481 e. The fourth-order valence-electron chi connectivity index (χ4n) is 2.74. The van der Waals surface area contributed by atoms with E-state index in [0.717, 1.165) is 25.1 Å². The van der Waals surface area contributed by atoms with E-state index < -0.39 is 6.10 Å². The Hall–Kier alpha value is -2.49. The van der Waals surface area contributed by atoms with Crippen molar-refractivity contribution in [2.45, 2.75) is 39.2 Å². The molecular formula is C22H30N2O2. The second-order valence-corrected chi connectivity index (χ2v) is 6.41. The summed E-state index contributed by atoms with van der Waals surface area (Å²) in [6.07, 6.45) is 2.08. The summed E-state index contributed by atoms with van der Waals surface area (Å²) < 4.78 is 5.85. The second-order valence-electron chi connectivity index (χ2n) is 6.41. The first-order valence-corrected chi connectivity index (χ1v) is 9.43. The first-order valence-electron chi connectivity index (χ1n) is 9.43. The van der Waals surface area contributed by atoms with Gasteiger partial charge in [-0.25, -0.2) is 0 Å². The summed E-state index contributed by atoms with van der Waals surface area (Å²) >= 11 is 0. The van der Waals surface area contributed by atoms with Crippen molar-refractivity contribution in [1.82, 2.24) is 5.32 Å². The minimum Gasteiger partial charge on any atom is -0.481 e. The highest BCUT2D eigenvalue weighted by Gasteiger charge is 2.17. The Labute approximate surface area is 157 Å². The van der Waals surface area contributed by atoms with Crippen LogP contribution < -0.4 is 15.0 Å². The molecule has 0 aliphatic carbocycles. The van der Waals surface area contributed by atoms with Gasteiger partial charge < -0.3 is 15.0 Å². The topological polar surface area (TPSA) is 41.6 Å². The first-order chi connectivity index (χ1) is 12.6. The van der Waals surface area contributed by atoms with Crippen LogP contribution in [0.3, 0.4) is 0 Å². The average Bonchev–Trinajstić information content (AvgIpc) is 2.70. The molecule has 1 N–H and O–H groups in total. The normalized spacial score (nSPS) is 11.7. The molecule has 0 fully saturated rings. The van der Waals surface area contributed by atoms with Gasteiger partial charge in [0, 0.05) is 25.8 Å². The number of amides is 1. The fourth-order valence-corrected chi connectivity index (χ4v) is 2.74. The number of nitrogens with zero attached hydrogens (tertiary/aromatic N) is 1. The third-order valence-corrected chi connectivity index (χ3v) is 4.44. The Morgan fingerprint density at radius 3 is 2.38 bits per heavy atom. The van der Waals surface area contributed by atoms with Crippen LogP contribution in [0, 0.1) is 0 Å². The van der Waals surface area contributed by atoms with Gasteiger partial charge in [0.15, 0.2) is 6.10 Å². The molecule has 0 saturated heterocycles. The molecule has 1 amide bonds. The van der Waals surface area contributed by atoms with E-state index in [1.54, 1.807) is 0 Å². The third kappa shape index (κ3) is 6.10. The van der Waals surface area contributed by atoms with Crippen molar-refractivity contribution in [3.05, 3.63) is 60.2 Å². The molecule has 0 radical (unpaired) electrons. The van der Waals surface area contributed by atoms with Crippen molar-refractivity contribution >= 4 is 11.6 Å². The van der Waals surface area contributed by atoms with E-state index >= 15 is 0 Å². The molecule has 140 valence electrons. The van der Waals surface area contributed by atoms with Gasteiger partial charge in [-0.05, 0) is 49.1 Å². The van der Waals surface area contributed by atoms with Gasteiger partial charge in [0.2, 0.25) is 0 Å². The van der Waals surface area contributed by atoms with E-state index in [1.807, 2.05) is 49.4 Å². The number of nitrogens with one attached hydrogen (secondary N) is 1. The van der Waals surface area contributed by atoms with Crippen LogP contribution in [0.25, 0.3) is 0 Å². The second kappa shape index (κ2) is 10.5. The molecule has 0 unspecified atom stereocenters. The maximum Gasteiger partial charge on any atom is 0.261 e. The Balaban J connectivity index is 1.74. The maximum atomic E-state index is 12.4. The Kier molecular flexibility index (Phi) is 8.00. The van der Waals surface area contributed by atoms with Crippen molar-refractivity contribution in [3.8, 4) is 5.75 Å². The van der Waals surface area contributed by atoms with Crippen molar-refractivity contribution < 1.29 is 9.53 Å². The van der Waals surface area contributed by atoms with Crippen LogP contribution in [0.2, 0.25) is 0 Å². The van der Waals surface area contributed by atoms with Gasteiger partial charge >= 0.3 is 0 Å². The van der Waals surface area contributed by atoms with Gasteiger partial charge in [-0.2, -0.15) is 0 Å². The van der Waals surface area contributed by atoms with Crippen LogP contribution >= 0.6 is 0 Å². The molecule has 4 heteroatoms. The SMILES string of the molecule is CCc1ccc(O[C@H](CC)C(=O)NCCCN(C)c2ccccc2)cc1. The van der Waals surface area contributed by atoms with Crippen LogP contribution in [0.5, 0.6) is 5.75 Å². The van der Waals surface area contributed by atoms with E-state index in [4.69, 9.17) is 4.74 Å². The predicted octanol–water partition coefficient (Wildman–Crippen LogP) is 4.05. The lowest BCUT2D eigenvalue weighted by Crippen LogP contribution is -2.39. The molecule has 0 heterocycles. The highest BCUT2D eigenvalue weighted by atomic mass is 16.5. The van der Waals surface area contributed by atoms with E-state index in [2.05, 4.69) is 36.3 Å². The van der Waals surface area contributed by atoms with Gasteiger partial charge in [-0.15, -0.1) is 0 Å². The minimum absolute atomic E-state index is 0.0468. The van der Waals surface area contributed by atoms with Crippen LogP contribution in [-0.2, 0) is 11.2 Å². The van der Waals surface area contributed by atoms with Crippen LogP contribution in [-0.4, -0.2) is 32.1 Å². The first kappa shape index (κ1) is 19.8. The maximum absolute atomic E-state index is 12.4. The van der Waals surface area contributed by atoms with Crippen molar-refractivity contribution in [3.63, 3.8) is 0 Å². The summed E-state index contributed by atoms with van der Waals surface area (Å²) in [5.74, 6) is 0.697. The third-order valence-electron chi connectivity index (χ3n) is 4.44. The number of carbonyl (C=O) groups is 1. The summed E-state index contributed by atoms with van der Waals surface area (Å²) in [4.78, 5) is 14.6. The number of ether oxygens (including phenoxy) is 1. The molecule has 0 aliphatic heterocycles. The number of aryl methyl sites for hydroxylation is 1. The lowest BCUT2D eigenvalue weighted by atomic mass is 10.1. The average molecular weight is 354 g/mol. The zero-order chi connectivity index (χ0) is 18.8. The summed E-state index contributed by atoms with van der Waals surface area (Å²) in [5.41, 5.74) is 2.45. The Bertz CT molecular complexity index is 656. The molecular weight excluding hydrogens is 324 g/mol. The van der Waals surface area contributed by atoms with E-state index in [1.165, 1.54) is 11.3 Å². The highest BCUT2D eigenvalue weighted by molar-refractivity contribution is 5.81. The van der Waals surface area contributed by atoms with E-state index in [-0.39, 0.29) is 5.91 Å². The van der Waals surface area contributed by atoms with Gasteiger partial charge in [0.1, 0.15) is 5.75 Å². The molecule has 0 aromatic heterocycles. The lowest BCUT2D eigenvalue weighted by Gasteiger charge is -2.20. The number of anilines is 1. The molecule has 2 aromatic rings. The summed E-state index contributed by atoms with van der Waals surface area (Å²) in [6.45, 7) is 5.62. The molecule has 4 nitrogen and oxygen atoms in total. The molecule has 0 bridgehead atoms. The molecule has 0 saturated carbocycles. The zero-order valence-electron chi connectivity index (χ0n) is 16.1. The van der Waals surface area contributed by atoms with Crippen molar-refractivity contribution in [2.75, 3.05) is 25.0 Å². The zero-order valence-corrected chi connectivity index (χ0v) is 16.1. The predicted molar refractivity (Wildman–Crippen MR) is 108 cm³/mol. The molecule has 0 spiro atoms. The molecule has 2 rings (SSSR count). The standard InChI is InChI=1S/C22H30N2O2/c1-4-18-12-14-20(15-13-18)26-21(5-2)22(25)23-16-9-17-24(3)19-10-7-6-8-11-19/h6-8,10-15,21H,4-5,9,16-17H2,1-3H3,(H,23,25)/t21-/m1/s1. The summed E-state index contributed by atoms with van der Waals surface area (Å²) in [7, 11) is 2.06. The van der Waals surface area contributed by atoms with E-state index in [0.29, 0.717) is 13.0 Å². The molecule has 26 heavy (non-hydrogen) atoms. The molecule has 2 aromatic carbocycles. The number of rotatable bonds is 10. The van der Waals surface area contributed by atoms with Crippen LogP contribution in [0.15, 0.2) is 54.6 Å². The smallest absolute Gasteiger partial charge is 0.261 e. The minimum atomic E-state index is -0.450. The van der Waals surface area contributed by atoms with Gasteiger partial charge in [-0.3, -0.25) is 4.79 Å². The quantitative estimate of drug-likeness (QED) is 0.655. The van der Waals surface area contributed by atoms with Crippen LogP contribution in [0.4, 0.5) is 5.69 Å². The number of hydrogen-bond donors (Lipinski definition) is 1. The summed E-state index contributed by atoms with van der Waals surface area (Å²) in [5, 5.41) is 2.99. The lowest BCUT2D eigenvalue weighted by molar-refractivity contribution is -0.128. The Morgan fingerprint density at radius 1 is 1.08 bits per heavy atom. The fraction of sp³-hybridized carbons (Fsp3) is 0.409. The molecule has 1 atom stereocenters. The van der Waals surface area contributed by atoms with Gasteiger partial charge in [-0.1, -0.05) is 44.2 Å². The van der Waals surface area contributed by atoms with E-state index in [9.17, 15) is 4.79 Å². The summed E-state index contributed by atoms with van der Waals surface area (Å²) in [6, 6.07) is 18.2. The Morgan fingerprint density at radius 2 is 1.77 bits per heavy atom. The molecule has 0 aliphatic rings. The van der Waals surface area contributed by atoms with Crippen molar-refractivity contribution in [1.29, 1.82) is 0 Å². The van der Waals surface area contributed by atoms with Crippen LogP contribution in [0.1, 0.15) is 32.3 Å².